The Balaban J connectivity index is 3.53. The minimum Gasteiger partial charge on any atom is -0.365 e. The van der Waals surface area contributed by atoms with Crippen molar-refractivity contribution < 1.29 is 14.9 Å². The van der Waals surface area contributed by atoms with Crippen LogP contribution in [-0.4, -0.2) is 29.2 Å². The van der Waals surface area contributed by atoms with Gasteiger partial charge in [0.05, 0.1) is 0 Å². The summed E-state index contributed by atoms with van der Waals surface area (Å²) >= 11 is 0. The first kappa shape index (κ1) is 9.44. The molecular formula is C7H12O3. The molecule has 0 aromatic rings. The van der Waals surface area contributed by atoms with Gasteiger partial charge in [0.25, 0.3) is 0 Å². The van der Waals surface area contributed by atoms with Crippen LogP contribution in [0.5, 0.6) is 0 Å². The maximum atomic E-state index is 8.53. The van der Waals surface area contributed by atoms with Crippen molar-refractivity contribution in [1.29, 1.82) is 0 Å². The van der Waals surface area contributed by atoms with Crippen molar-refractivity contribution in [3.8, 4) is 12.3 Å². The van der Waals surface area contributed by atoms with Gasteiger partial charge in [-0.3, -0.25) is 0 Å². The highest BCUT2D eigenvalue weighted by atomic mass is 16.5. The Morgan fingerprint density at radius 2 is 2.20 bits per heavy atom. The summed E-state index contributed by atoms with van der Waals surface area (Å²) < 4.78 is 4.87. The molecule has 0 aliphatic heterocycles. The lowest BCUT2D eigenvalue weighted by molar-refractivity contribution is -0.123. The molecule has 0 aromatic heterocycles. The monoisotopic (exact) mass is 144 g/mol. The van der Waals surface area contributed by atoms with Crippen molar-refractivity contribution in [1.82, 2.24) is 0 Å². The number of terminal acetylenes is 1. The SMILES string of the molecule is C#CC(OCCC)C(O)O. The summed E-state index contributed by atoms with van der Waals surface area (Å²) in [6, 6.07) is 0. The number of ether oxygens (including phenoxy) is 1. The Bertz CT molecular complexity index is 115. The van der Waals surface area contributed by atoms with Crippen LogP contribution in [0.15, 0.2) is 0 Å². The number of aliphatic hydroxyl groups excluding tert-OH is 1. The van der Waals surface area contributed by atoms with E-state index in [0.29, 0.717) is 6.61 Å². The van der Waals surface area contributed by atoms with E-state index in [-0.39, 0.29) is 0 Å². The average Bonchev–Trinajstić information content (AvgIpc) is 1.89. The van der Waals surface area contributed by atoms with Crippen LogP contribution in [0, 0.1) is 12.3 Å². The van der Waals surface area contributed by atoms with E-state index in [2.05, 4.69) is 5.92 Å². The molecule has 0 rings (SSSR count). The van der Waals surface area contributed by atoms with Crippen LogP contribution >= 0.6 is 0 Å². The summed E-state index contributed by atoms with van der Waals surface area (Å²) in [7, 11) is 0. The van der Waals surface area contributed by atoms with Crippen molar-refractivity contribution in [3.63, 3.8) is 0 Å². The van der Waals surface area contributed by atoms with Crippen molar-refractivity contribution >= 4 is 0 Å². The van der Waals surface area contributed by atoms with E-state index in [1.165, 1.54) is 0 Å². The van der Waals surface area contributed by atoms with Gasteiger partial charge in [-0.1, -0.05) is 12.8 Å². The lowest BCUT2D eigenvalue weighted by Gasteiger charge is -2.12. The second-order valence-corrected chi connectivity index (χ2v) is 1.87. The van der Waals surface area contributed by atoms with Crippen LogP contribution < -0.4 is 0 Å². The van der Waals surface area contributed by atoms with Crippen LogP contribution in [-0.2, 0) is 4.74 Å². The Labute approximate surface area is 60.6 Å². The van der Waals surface area contributed by atoms with Crippen LogP contribution in [0.3, 0.4) is 0 Å². The van der Waals surface area contributed by atoms with Crippen molar-refractivity contribution in [2.45, 2.75) is 25.7 Å². The predicted octanol–water partition coefficient (Wildman–Crippen LogP) is -0.274. The highest BCUT2D eigenvalue weighted by Gasteiger charge is 2.12. The molecule has 0 saturated carbocycles. The third-order valence-electron chi connectivity index (χ3n) is 0.937. The molecule has 0 saturated heterocycles. The standard InChI is InChI=1S/C7H12O3/c1-3-5-10-6(4-2)7(8)9/h2,6-9H,3,5H2,1H3. The molecule has 3 nitrogen and oxygen atoms in total. The molecule has 3 heteroatoms. The van der Waals surface area contributed by atoms with E-state index < -0.39 is 12.4 Å². The van der Waals surface area contributed by atoms with E-state index in [1.54, 1.807) is 0 Å². The summed E-state index contributed by atoms with van der Waals surface area (Å²) in [5.41, 5.74) is 0. The second kappa shape index (κ2) is 5.24. The Hall–Kier alpha value is -0.560. The van der Waals surface area contributed by atoms with Gasteiger partial charge in [-0.05, 0) is 6.42 Å². The van der Waals surface area contributed by atoms with Gasteiger partial charge in [-0.2, -0.15) is 0 Å². The first-order valence-electron chi connectivity index (χ1n) is 3.16. The molecule has 58 valence electrons. The summed E-state index contributed by atoms with van der Waals surface area (Å²) in [6.07, 6.45) is 3.27. The molecule has 0 aliphatic rings. The number of rotatable bonds is 4. The van der Waals surface area contributed by atoms with Gasteiger partial charge < -0.3 is 14.9 Å². The third-order valence-corrected chi connectivity index (χ3v) is 0.937. The lowest BCUT2D eigenvalue weighted by Crippen LogP contribution is -2.27. The zero-order valence-corrected chi connectivity index (χ0v) is 5.95. The first-order chi connectivity index (χ1) is 4.72. The van der Waals surface area contributed by atoms with E-state index in [0.717, 1.165) is 6.42 Å². The lowest BCUT2D eigenvalue weighted by atomic mass is 10.3. The van der Waals surface area contributed by atoms with Gasteiger partial charge in [0.1, 0.15) is 0 Å². The second-order valence-electron chi connectivity index (χ2n) is 1.87. The van der Waals surface area contributed by atoms with Crippen LogP contribution in [0.1, 0.15) is 13.3 Å². The molecular weight excluding hydrogens is 132 g/mol. The fourth-order valence-electron chi connectivity index (χ4n) is 0.465. The fourth-order valence-corrected chi connectivity index (χ4v) is 0.465. The predicted molar refractivity (Wildman–Crippen MR) is 37.1 cm³/mol. The van der Waals surface area contributed by atoms with E-state index in [9.17, 15) is 0 Å². The zero-order chi connectivity index (χ0) is 7.98. The van der Waals surface area contributed by atoms with E-state index in [1.807, 2.05) is 6.92 Å². The molecule has 0 aliphatic carbocycles. The highest BCUT2D eigenvalue weighted by molar-refractivity contribution is 4.95. The van der Waals surface area contributed by atoms with Gasteiger partial charge in [0.15, 0.2) is 12.4 Å². The van der Waals surface area contributed by atoms with Gasteiger partial charge in [0, 0.05) is 6.61 Å². The van der Waals surface area contributed by atoms with E-state index >= 15 is 0 Å². The minimum atomic E-state index is -1.57. The Morgan fingerprint density at radius 3 is 2.50 bits per heavy atom. The average molecular weight is 144 g/mol. The van der Waals surface area contributed by atoms with Crippen LogP contribution in [0.2, 0.25) is 0 Å². The molecule has 0 heterocycles. The summed E-state index contributed by atoms with van der Waals surface area (Å²) in [5.74, 6) is 2.11. The van der Waals surface area contributed by atoms with Gasteiger partial charge in [-0.15, -0.1) is 6.42 Å². The normalized spacial score (nSPS) is 13.1. The molecule has 0 fully saturated rings. The largest absolute Gasteiger partial charge is 0.365 e. The van der Waals surface area contributed by atoms with Crippen LogP contribution in [0.25, 0.3) is 0 Å². The maximum absolute atomic E-state index is 8.53. The topological polar surface area (TPSA) is 49.7 Å². The first-order valence-corrected chi connectivity index (χ1v) is 3.16. The Kier molecular flexibility index (Phi) is 4.95. The van der Waals surface area contributed by atoms with Gasteiger partial charge in [0.2, 0.25) is 0 Å². The van der Waals surface area contributed by atoms with Gasteiger partial charge in [-0.25, -0.2) is 0 Å². The fraction of sp³-hybridized carbons (Fsp3) is 0.714. The number of aliphatic hydroxyl groups is 2. The summed E-state index contributed by atoms with van der Waals surface area (Å²) in [5, 5.41) is 17.1. The minimum absolute atomic E-state index is 0.451. The quantitative estimate of drug-likeness (QED) is 0.421. The number of hydrogen-bond donors (Lipinski definition) is 2. The maximum Gasteiger partial charge on any atom is 0.190 e. The summed E-state index contributed by atoms with van der Waals surface area (Å²) in [6.45, 7) is 2.36. The number of hydrogen-bond acceptors (Lipinski definition) is 3. The zero-order valence-electron chi connectivity index (χ0n) is 5.95. The summed E-state index contributed by atoms with van der Waals surface area (Å²) in [4.78, 5) is 0. The van der Waals surface area contributed by atoms with Crippen molar-refractivity contribution in [2.24, 2.45) is 0 Å². The smallest absolute Gasteiger partial charge is 0.190 e. The molecule has 1 unspecified atom stereocenters. The molecule has 0 radical (unpaired) electrons. The molecule has 0 spiro atoms. The molecule has 2 N–H and O–H groups in total. The molecule has 10 heavy (non-hydrogen) atoms. The molecule has 0 aromatic carbocycles. The van der Waals surface area contributed by atoms with Crippen molar-refractivity contribution in [2.75, 3.05) is 6.61 Å². The Morgan fingerprint density at radius 1 is 1.60 bits per heavy atom. The van der Waals surface area contributed by atoms with E-state index in [4.69, 9.17) is 21.4 Å². The molecule has 0 amide bonds. The van der Waals surface area contributed by atoms with Gasteiger partial charge >= 0.3 is 0 Å². The van der Waals surface area contributed by atoms with Crippen LogP contribution in [0.4, 0.5) is 0 Å². The highest BCUT2D eigenvalue weighted by Crippen LogP contribution is 1.95. The molecule has 0 bridgehead atoms. The molecule has 1 atom stereocenters. The third kappa shape index (κ3) is 3.46. The van der Waals surface area contributed by atoms with Crippen molar-refractivity contribution in [3.05, 3.63) is 0 Å².